The van der Waals surface area contributed by atoms with Crippen molar-refractivity contribution in [3.63, 3.8) is 0 Å². The van der Waals surface area contributed by atoms with E-state index in [1.165, 1.54) is 14.0 Å². The van der Waals surface area contributed by atoms with Crippen molar-refractivity contribution in [2.45, 2.75) is 6.92 Å². The molecule has 1 aromatic carbocycles. The van der Waals surface area contributed by atoms with Crippen LogP contribution in [0.2, 0.25) is 5.02 Å². The molecular weight excluding hydrogens is 332 g/mol. The number of hydrogen-bond acceptors (Lipinski definition) is 3. The average Bonchev–Trinajstić information content (AvgIpc) is 2.36. The van der Waals surface area contributed by atoms with Crippen LogP contribution >= 0.6 is 27.5 Å². The number of aromatic nitrogens is 2. The van der Waals surface area contributed by atoms with Crippen LogP contribution in [0.1, 0.15) is 17.3 Å². The minimum absolute atomic E-state index is 0.0945. The highest BCUT2D eigenvalue weighted by Gasteiger charge is 2.19. The Balaban J connectivity index is 2.79. The zero-order valence-corrected chi connectivity index (χ0v) is 12.6. The Hall–Kier alpha value is -1.46. The first-order chi connectivity index (χ1) is 8.91. The number of halogens is 2. The summed E-state index contributed by atoms with van der Waals surface area (Å²) in [6.07, 6.45) is 0. The lowest BCUT2D eigenvalue weighted by atomic mass is 10.0. The molecule has 1 aromatic heterocycles. The SMILES string of the molecule is CC(=O)c1c(-c2ccc(Br)cc2)nn(C)c(=O)c1Cl. The van der Waals surface area contributed by atoms with E-state index in [0.29, 0.717) is 5.69 Å². The van der Waals surface area contributed by atoms with Gasteiger partial charge >= 0.3 is 0 Å². The van der Waals surface area contributed by atoms with Gasteiger partial charge in [-0.2, -0.15) is 5.10 Å². The zero-order chi connectivity index (χ0) is 14.2. The van der Waals surface area contributed by atoms with Crippen LogP contribution in [0.25, 0.3) is 11.3 Å². The largest absolute Gasteiger partial charge is 0.294 e. The molecule has 4 nitrogen and oxygen atoms in total. The summed E-state index contributed by atoms with van der Waals surface area (Å²) < 4.78 is 2.04. The fraction of sp³-hybridized carbons (Fsp3) is 0.154. The van der Waals surface area contributed by atoms with Gasteiger partial charge in [0.1, 0.15) is 10.7 Å². The number of nitrogens with zero attached hydrogens (tertiary/aromatic N) is 2. The van der Waals surface area contributed by atoms with E-state index in [1.54, 1.807) is 12.1 Å². The van der Waals surface area contributed by atoms with E-state index in [9.17, 15) is 9.59 Å². The topological polar surface area (TPSA) is 52.0 Å². The van der Waals surface area contributed by atoms with Crippen molar-refractivity contribution >= 4 is 33.3 Å². The fourth-order valence-electron chi connectivity index (χ4n) is 1.73. The summed E-state index contributed by atoms with van der Waals surface area (Å²) >= 11 is 9.31. The molecule has 98 valence electrons. The molecule has 0 radical (unpaired) electrons. The molecule has 0 amide bonds. The van der Waals surface area contributed by atoms with Gasteiger partial charge in [0, 0.05) is 17.1 Å². The summed E-state index contributed by atoms with van der Waals surface area (Å²) in [6.45, 7) is 1.37. The summed E-state index contributed by atoms with van der Waals surface area (Å²) in [5.41, 5.74) is 0.817. The molecule has 19 heavy (non-hydrogen) atoms. The van der Waals surface area contributed by atoms with Crippen molar-refractivity contribution in [3.05, 3.63) is 49.7 Å². The van der Waals surface area contributed by atoms with Gasteiger partial charge in [0.2, 0.25) is 0 Å². The quantitative estimate of drug-likeness (QED) is 0.789. The molecule has 0 atom stereocenters. The van der Waals surface area contributed by atoms with Gasteiger partial charge in [-0.25, -0.2) is 4.68 Å². The van der Waals surface area contributed by atoms with Crippen molar-refractivity contribution in [1.29, 1.82) is 0 Å². The Kier molecular flexibility index (Phi) is 3.87. The predicted octanol–water partition coefficient (Wildman–Crippen LogP) is 3.07. The summed E-state index contributed by atoms with van der Waals surface area (Å²) in [5.74, 6) is -0.284. The molecule has 0 N–H and O–H groups in total. The van der Waals surface area contributed by atoms with Crippen LogP contribution < -0.4 is 5.56 Å². The van der Waals surface area contributed by atoms with E-state index in [2.05, 4.69) is 21.0 Å². The average molecular weight is 342 g/mol. The van der Waals surface area contributed by atoms with Crippen LogP contribution in [-0.4, -0.2) is 15.6 Å². The van der Waals surface area contributed by atoms with E-state index >= 15 is 0 Å². The lowest BCUT2D eigenvalue weighted by Gasteiger charge is -2.10. The second-order valence-corrected chi connectivity index (χ2v) is 5.32. The van der Waals surface area contributed by atoms with Gasteiger partial charge in [0.15, 0.2) is 5.78 Å². The third-order valence-corrected chi connectivity index (χ3v) is 3.54. The normalized spacial score (nSPS) is 10.5. The lowest BCUT2D eigenvalue weighted by molar-refractivity contribution is 0.101. The molecule has 0 aliphatic rings. The molecule has 0 bridgehead atoms. The Labute approximate surface area is 123 Å². The molecule has 1 heterocycles. The second kappa shape index (κ2) is 5.27. The van der Waals surface area contributed by atoms with Gasteiger partial charge in [0.05, 0.1) is 5.56 Å². The van der Waals surface area contributed by atoms with E-state index < -0.39 is 5.56 Å². The van der Waals surface area contributed by atoms with E-state index in [-0.39, 0.29) is 16.4 Å². The number of benzene rings is 1. The maximum Gasteiger partial charge on any atom is 0.286 e. The molecule has 0 fully saturated rings. The third kappa shape index (κ3) is 2.62. The van der Waals surface area contributed by atoms with Crippen molar-refractivity contribution in [2.75, 3.05) is 0 Å². The maximum atomic E-state index is 11.7. The van der Waals surface area contributed by atoms with Crippen molar-refractivity contribution in [2.24, 2.45) is 7.05 Å². The standard InChI is InChI=1S/C13H10BrClN2O2/c1-7(18)10-11(15)13(19)17(2)16-12(10)8-3-5-9(14)6-4-8/h3-6H,1-2H3. The minimum Gasteiger partial charge on any atom is -0.294 e. The van der Waals surface area contributed by atoms with E-state index in [4.69, 9.17) is 11.6 Å². The molecular formula is C13H10BrClN2O2. The summed E-state index contributed by atoms with van der Waals surface area (Å²) in [6, 6.07) is 7.28. The first-order valence-corrected chi connectivity index (χ1v) is 6.62. The van der Waals surface area contributed by atoms with Crippen molar-refractivity contribution < 1.29 is 4.79 Å². The number of rotatable bonds is 2. The van der Waals surface area contributed by atoms with Crippen LogP contribution in [0.3, 0.4) is 0 Å². The highest BCUT2D eigenvalue weighted by molar-refractivity contribution is 9.10. The molecule has 0 saturated carbocycles. The van der Waals surface area contributed by atoms with Crippen LogP contribution in [-0.2, 0) is 7.05 Å². The first kappa shape index (κ1) is 14.0. The summed E-state index contributed by atoms with van der Waals surface area (Å²) in [7, 11) is 1.50. The molecule has 0 aliphatic carbocycles. The monoisotopic (exact) mass is 340 g/mol. The van der Waals surface area contributed by atoms with Crippen LogP contribution in [0.5, 0.6) is 0 Å². The highest BCUT2D eigenvalue weighted by atomic mass is 79.9. The maximum absolute atomic E-state index is 11.7. The van der Waals surface area contributed by atoms with Gasteiger partial charge < -0.3 is 0 Å². The predicted molar refractivity (Wildman–Crippen MR) is 77.6 cm³/mol. The lowest BCUT2D eigenvalue weighted by Crippen LogP contribution is -2.23. The van der Waals surface area contributed by atoms with Crippen LogP contribution in [0.4, 0.5) is 0 Å². The Morgan fingerprint density at radius 3 is 2.42 bits per heavy atom. The number of ketones is 1. The molecule has 6 heteroatoms. The summed E-state index contributed by atoms with van der Waals surface area (Å²) in [4.78, 5) is 23.4. The highest BCUT2D eigenvalue weighted by Crippen LogP contribution is 2.26. The smallest absolute Gasteiger partial charge is 0.286 e. The Bertz CT molecular complexity index is 708. The number of hydrogen-bond donors (Lipinski definition) is 0. The van der Waals surface area contributed by atoms with Crippen LogP contribution in [0.15, 0.2) is 33.5 Å². The van der Waals surface area contributed by atoms with Gasteiger partial charge in [-0.15, -0.1) is 0 Å². The van der Waals surface area contributed by atoms with Gasteiger partial charge in [-0.3, -0.25) is 9.59 Å². The van der Waals surface area contributed by atoms with Crippen molar-refractivity contribution in [1.82, 2.24) is 9.78 Å². The van der Waals surface area contributed by atoms with Crippen molar-refractivity contribution in [3.8, 4) is 11.3 Å². The molecule has 0 saturated heterocycles. The number of aryl methyl sites for hydroxylation is 1. The van der Waals surface area contributed by atoms with E-state index in [0.717, 1.165) is 14.7 Å². The number of Topliss-reactive ketones (excluding diaryl/α,β-unsaturated/α-hetero) is 1. The number of carbonyl (C=O) groups excluding carboxylic acids is 1. The zero-order valence-electron chi connectivity index (χ0n) is 10.3. The van der Waals surface area contributed by atoms with Gasteiger partial charge in [-0.1, -0.05) is 39.7 Å². The van der Waals surface area contributed by atoms with E-state index in [1.807, 2.05) is 12.1 Å². The molecule has 2 aromatic rings. The Morgan fingerprint density at radius 2 is 1.89 bits per heavy atom. The molecule has 2 rings (SSSR count). The van der Waals surface area contributed by atoms with Gasteiger partial charge in [0.25, 0.3) is 5.56 Å². The summed E-state index contributed by atoms with van der Waals surface area (Å²) in [5, 5.41) is 4.04. The number of carbonyl (C=O) groups is 1. The molecule has 0 unspecified atom stereocenters. The first-order valence-electron chi connectivity index (χ1n) is 5.45. The minimum atomic E-state index is -0.479. The van der Waals surface area contributed by atoms with Gasteiger partial charge in [-0.05, 0) is 19.1 Å². The fourth-order valence-corrected chi connectivity index (χ4v) is 2.34. The molecule has 0 aliphatic heterocycles. The second-order valence-electron chi connectivity index (χ2n) is 4.03. The van der Waals surface area contributed by atoms with Crippen LogP contribution in [0, 0.1) is 0 Å². The third-order valence-electron chi connectivity index (χ3n) is 2.66. The molecule has 0 spiro atoms. The Morgan fingerprint density at radius 1 is 1.32 bits per heavy atom.